The third kappa shape index (κ3) is 9.12. The van der Waals surface area contributed by atoms with Gasteiger partial charge < -0.3 is 32.0 Å². The van der Waals surface area contributed by atoms with Gasteiger partial charge in [0.15, 0.2) is 0 Å². The third-order valence-electron chi connectivity index (χ3n) is 7.07. The molecule has 0 aliphatic heterocycles. The van der Waals surface area contributed by atoms with E-state index in [1.54, 1.807) is 10.8 Å². The van der Waals surface area contributed by atoms with Gasteiger partial charge in [0.05, 0.1) is 24.3 Å². The molecule has 3 rings (SSSR count). The molecule has 3 aromatic rings. The number of hydrogen-bond acceptors (Lipinski definition) is 6. The molecule has 9 nitrogen and oxygen atoms in total. The van der Waals surface area contributed by atoms with Crippen molar-refractivity contribution in [2.24, 2.45) is 22.6 Å². The van der Waals surface area contributed by atoms with Crippen LogP contribution in [-0.4, -0.2) is 64.7 Å². The van der Waals surface area contributed by atoms with E-state index < -0.39 is 53.7 Å². The molecule has 43 heavy (non-hydrogen) atoms. The monoisotopic (exact) mass is 601 g/mol. The third-order valence-corrected chi connectivity index (χ3v) is 7.07. The summed E-state index contributed by atoms with van der Waals surface area (Å²) < 4.78 is 44.3. The zero-order valence-corrected chi connectivity index (χ0v) is 24.9. The Labute approximate surface area is 250 Å². The molecule has 0 aliphatic carbocycles. The van der Waals surface area contributed by atoms with Crippen molar-refractivity contribution in [2.75, 3.05) is 26.3 Å². The minimum atomic E-state index is -0.877. The summed E-state index contributed by atoms with van der Waals surface area (Å²) in [7, 11) is 0. The number of hydrogen-bond donors (Lipinski definition) is 4. The molecule has 1 aromatic heterocycles. The summed E-state index contributed by atoms with van der Waals surface area (Å²) in [5, 5.41) is 2.57. The average Bonchev–Trinajstić information content (AvgIpc) is 3.36. The van der Waals surface area contributed by atoms with E-state index in [2.05, 4.69) is 5.32 Å². The van der Waals surface area contributed by atoms with Crippen LogP contribution in [0.5, 0.6) is 0 Å². The Kier molecular flexibility index (Phi) is 11.9. The van der Waals surface area contributed by atoms with E-state index in [-0.39, 0.29) is 43.7 Å². The van der Waals surface area contributed by atoms with Crippen LogP contribution in [0, 0.1) is 17.0 Å². The van der Waals surface area contributed by atoms with Gasteiger partial charge >= 0.3 is 0 Å². The molecule has 2 aromatic carbocycles. The summed E-state index contributed by atoms with van der Waals surface area (Å²) in [5.41, 5.74) is 17.7. The van der Waals surface area contributed by atoms with Crippen LogP contribution < -0.4 is 22.5 Å². The van der Waals surface area contributed by atoms with E-state index in [1.165, 1.54) is 4.90 Å². The Bertz CT molecular complexity index is 1360. The van der Waals surface area contributed by atoms with E-state index in [1.807, 2.05) is 51.1 Å². The number of nitrogens with zero attached hydrogens (tertiary/aromatic N) is 3. The van der Waals surface area contributed by atoms with Gasteiger partial charge in [-0.05, 0) is 48.6 Å². The highest BCUT2D eigenvalue weighted by molar-refractivity contribution is 5.87. The highest BCUT2D eigenvalue weighted by Crippen LogP contribution is 2.39. The lowest BCUT2D eigenvalue weighted by Crippen LogP contribution is -2.50. The molecule has 0 radical (unpaired) electrons. The molecule has 0 saturated carbocycles. The van der Waals surface area contributed by atoms with Gasteiger partial charge in [0, 0.05) is 30.9 Å². The molecule has 0 saturated heterocycles. The summed E-state index contributed by atoms with van der Waals surface area (Å²) in [6.45, 7) is 5.16. The number of carbonyl (C=O) groups is 2. The second-order valence-electron chi connectivity index (χ2n) is 11.7. The van der Waals surface area contributed by atoms with Crippen molar-refractivity contribution in [3.8, 4) is 11.3 Å². The molecule has 234 valence electrons. The Morgan fingerprint density at radius 2 is 1.77 bits per heavy atom. The molecule has 0 aliphatic rings. The molecular formula is C31H42F3N7O2. The van der Waals surface area contributed by atoms with E-state index in [0.717, 1.165) is 23.8 Å². The first-order valence-corrected chi connectivity index (χ1v) is 14.3. The lowest BCUT2D eigenvalue weighted by atomic mass is 9.84. The zero-order valence-electron chi connectivity index (χ0n) is 24.9. The van der Waals surface area contributed by atoms with Crippen molar-refractivity contribution in [1.29, 1.82) is 0 Å². The topological polar surface area (TPSA) is 145 Å². The van der Waals surface area contributed by atoms with Crippen LogP contribution in [0.15, 0.2) is 54.7 Å². The van der Waals surface area contributed by atoms with Gasteiger partial charge in [-0.2, -0.15) is 0 Å². The summed E-state index contributed by atoms with van der Waals surface area (Å²) in [6, 6.07) is 10.2. The van der Waals surface area contributed by atoms with Crippen molar-refractivity contribution in [3.63, 3.8) is 0 Å². The van der Waals surface area contributed by atoms with Gasteiger partial charge in [-0.25, -0.2) is 18.2 Å². The van der Waals surface area contributed by atoms with Gasteiger partial charge in [0.1, 0.15) is 24.1 Å². The number of benzene rings is 2. The first-order chi connectivity index (χ1) is 20.3. The lowest BCUT2D eigenvalue weighted by molar-refractivity contribution is -0.137. The summed E-state index contributed by atoms with van der Waals surface area (Å²) in [5.74, 6) is -1.86. The average molecular weight is 602 g/mol. The first kappa shape index (κ1) is 33.8. The van der Waals surface area contributed by atoms with Crippen LogP contribution in [0.2, 0.25) is 0 Å². The maximum absolute atomic E-state index is 14.9. The smallest absolute Gasteiger partial charge is 0.242 e. The van der Waals surface area contributed by atoms with Crippen molar-refractivity contribution >= 4 is 11.8 Å². The minimum absolute atomic E-state index is 0.0285. The van der Waals surface area contributed by atoms with Gasteiger partial charge in [0.2, 0.25) is 11.8 Å². The van der Waals surface area contributed by atoms with E-state index >= 15 is 0 Å². The highest BCUT2D eigenvalue weighted by Gasteiger charge is 2.38. The number of aromatic nitrogens is 2. The minimum Gasteiger partial charge on any atom is -0.346 e. The number of alkyl halides is 1. The molecule has 7 N–H and O–H groups in total. The fourth-order valence-electron chi connectivity index (χ4n) is 4.86. The first-order valence-electron chi connectivity index (χ1n) is 14.3. The Hall–Kier alpha value is -3.74. The van der Waals surface area contributed by atoms with Crippen LogP contribution in [0.3, 0.4) is 0 Å². The van der Waals surface area contributed by atoms with E-state index in [0.29, 0.717) is 12.4 Å². The summed E-state index contributed by atoms with van der Waals surface area (Å²) in [6.07, 6.45) is 2.01. The fourth-order valence-corrected chi connectivity index (χ4v) is 4.86. The number of nitrogens with one attached hydrogen (secondary N) is 1. The van der Waals surface area contributed by atoms with Gasteiger partial charge in [-0.15, -0.1) is 0 Å². The van der Waals surface area contributed by atoms with Crippen LogP contribution in [-0.2, 0) is 16.1 Å². The maximum atomic E-state index is 14.9. The van der Waals surface area contributed by atoms with Crippen LogP contribution in [0.25, 0.3) is 11.3 Å². The molecule has 0 unspecified atom stereocenters. The lowest BCUT2D eigenvalue weighted by Gasteiger charge is -2.40. The standard InChI is InChI=1S/C31H42F3N7O2/c1-31(2,3)28(41(14-12-22(36)16-32)27(42)17-38-30(43)25(37)11-13-35)29-39-26(23-15-21(33)9-10-24(23)34)19-40(29)18-20-7-5-4-6-8-20/h4-10,15,19,22,25,28H,11-14,16-18,35-37H2,1-3H3,(H,38,43)/t22-,25+,28-/m0/s1. The highest BCUT2D eigenvalue weighted by atomic mass is 19.1. The predicted molar refractivity (Wildman–Crippen MR) is 160 cm³/mol. The number of imidazole rings is 1. The fraction of sp³-hybridized carbons (Fsp3) is 0.452. The molecule has 2 amide bonds. The number of nitrogens with two attached hydrogens (primary N) is 3. The normalized spacial score (nSPS) is 13.8. The van der Waals surface area contributed by atoms with E-state index in [4.69, 9.17) is 22.2 Å². The Morgan fingerprint density at radius 1 is 1.07 bits per heavy atom. The Balaban J connectivity index is 2.12. The van der Waals surface area contributed by atoms with Crippen molar-refractivity contribution in [1.82, 2.24) is 19.8 Å². The number of rotatable bonds is 14. The number of amides is 2. The number of carbonyl (C=O) groups excluding carboxylic acids is 2. The second kappa shape index (κ2) is 15.1. The van der Waals surface area contributed by atoms with Crippen LogP contribution in [0.4, 0.5) is 13.2 Å². The van der Waals surface area contributed by atoms with Crippen molar-refractivity contribution in [2.45, 2.75) is 58.3 Å². The molecule has 12 heteroatoms. The summed E-state index contributed by atoms with van der Waals surface area (Å²) in [4.78, 5) is 32.6. The summed E-state index contributed by atoms with van der Waals surface area (Å²) >= 11 is 0. The van der Waals surface area contributed by atoms with Gasteiger partial charge in [-0.3, -0.25) is 9.59 Å². The van der Waals surface area contributed by atoms with Gasteiger partial charge in [0.25, 0.3) is 0 Å². The number of halogens is 3. The quantitative estimate of drug-likeness (QED) is 0.223. The molecule has 0 bridgehead atoms. The van der Waals surface area contributed by atoms with E-state index in [9.17, 15) is 22.8 Å². The maximum Gasteiger partial charge on any atom is 0.242 e. The molecule has 1 heterocycles. The molecule has 0 fully saturated rings. The van der Waals surface area contributed by atoms with Crippen LogP contribution in [0.1, 0.15) is 51.0 Å². The SMILES string of the molecule is CC(C)(C)[C@H](c1nc(-c2cc(F)ccc2F)cn1Cc1ccccc1)N(CC[C@H](N)CF)C(=O)CNC(=O)[C@H](N)CCN. The van der Waals surface area contributed by atoms with Crippen molar-refractivity contribution < 1.29 is 22.8 Å². The molecule has 0 spiro atoms. The van der Waals surface area contributed by atoms with Crippen molar-refractivity contribution in [3.05, 3.63) is 77.8 Å². The van der Waals surface area contributed by atoms with Crippen LogP contribution >= 0.6 is 0 Å². The zero-order chi connectivity index (χ0) is 31.7. The van der Waals surface area contributed by atoms with Gasteiger partial charge in [-0.1, -0.05) is 51.1 Å². The second-order valence-corrected chi connectivity index (χ2v) is 11.7. The Morgan fingerprint density at radius 3 is 2.40 bits per heavy atom. The largest absolute Gasteiger partial charge is 0.346 e. The predicted octanol–water partition coefficient (Wildman–Crippen LogP) is 3.27. The molecule has 3 atom stereocenters. The molecular weight excluding hydrogens is 559 g/mol.